The molecule has 190 valence electrons. The second-order valence-electron chi connectivity index (χ2n) is 9.02. The Bertz CT molecular complexity index is 1440. The second kappa shape index (κ2) is 9.96. The number of nitrogens with one attached hydrogen (secondary N) is 3. The fourth-order valence-electron chi connectivity index (χ4n) is 3.96. The number of anilines is 1. The predicted octanol–water partition coefficient (Wildman–Crippen LogP) is 5.52. The summed E-state index contributed by atoms with van der Waals surface area (Å²) in [6.07, 6.45) is -0.477. The van der Waals surface area contributed by atoms with E-state index in [4.69, 9.17) is 0 Å². The van der Waals surface area contributed by atoms with Gasteiger partial charge in [0.25, 0.3) is 5.91 Å². The molecular formula is C27H24F3N5O2. The Labute approximate surface area is 210 Å². The van der Waals surface area contributed by atoms with E-state index < -0.39 is 18.8 Å². The Morgan fingerprint density at radius 1 is 0.946 bits per heavy atom. The topological polar surface area (TPSA) is 88.1 Å². The number of carbonyl (C=O) groups excluding carboxylic acids is 2. The molecular weight excluding hydrogens is 483 g/mol. The zero-order chi connectivity index (χ0) is 26.0. The highest BCUT2D eigenvalue weighted by Crippen LogP contribution is 2.28. The normalized spacial score (nSPS) is 13.4. The minimum absolute atomic E-state index is 0.0674. The van der Waals surface area contributed by atoms with E-state index in [0.29, 0.717) is 22.9 Å². The molecule has 1 fully saturated rings. The van der Waals surface area contributed by atoms with Crippen LogP contribution in [-0.2, 0) is 0 Å². The van der Waals surface area contributed by atoms with E-state index >= 15 is 0 Å². The molecule has 0 aliphatic heterocycles. The van der Waals surface area contributed by atoms with E-state index in [0.717, 1.165) is 28.7 Å². The lowest BCUT2D eigenvalue weighted by Gasteiger charge is -2.11. The number of halogens is 3. The summed E-state index contributed by atoms with van der Waals surface area (Å²) in [4.78, 5) is 28.6. The Balaban J connectivity index is 1.30. The fraction of sp³-hybridized carbons (Fsp3) is 0.222. The summed E-state index contributed by atoms with van der Waals surface area (Å²) in [6.45, 7) is -0.687. The summed E-state index contributed by atoms with van der Waals surface area (Å²) in [5.74, 6) is 0.554. The highest BCUT2D eigenvalue weighted by Gasteiger charge is 2.27. The van der Waals surface area contributed by atoms with E-state index in [-0.39, 0.29) is 5.91 Å². The lowest BCUT2D eigenvalue weighted by atomic mass is 10.0. The third-order valence-corrected chi connectivity index (χ3v) is 6.11. The standard InChI is InChI=1S/C27H24F3N5O2/c28-27(29,30)15-32-26(37)34-21-2-1-3-22(13-21)35-16-33-23-12-20(10-11-24(23)35)18-6-8-19(9-7-18)25(36)31-14-17-4-5-17/h1-3,6-13,16-17H,4-5,14-15H2,(H,31,36)(H2,32,34,37). The predicted molar refractivity (Wildman–Crippen MR) is 135 cm³/mol. The largest absolute Gasteiger partial charge is 0.405 e. The number of carbonyl (C=O) groups is 2. The first kappa shape index (κ1) is 24.4. The zero-order valence-corrected chi connectivity index (χ0v) is 19.7. The third-order valence-electron chi connectivity index (χ3n) is 6.11. The van der Waals surface area contributed by atoms with Gasteiger partial charge >= 0.3 is 12.2 Å². The van der Waals surface area contributed by atoms with Crippen LogP contribution in [0, 0.1) is 5.92 Å². The van der Waals surface area contributed by atoms with Gasteiger partial charge in [-0.3, -0.25) is 9.36 Å². The summed E-state index contributed by atoms with van der Waals surface area (Å²) in [7, 11) is 0. The van der Waals surface area contributed by atoms with Crippen LogP contribution >= 0.6 is 0 Å². The van der Waals surface area contributed by atoms with Gasteiger partial charge in [0, 0.05) is 23.5 Å². The molecule has 3 N–H and O–H groups in total. The van der Waals surface area contributed by atoms with Gasteiger partial charge in [0.1, 0.15) is 12.9 Å². The summed E-state index contributed by atoms with van der Waals surface area (Å²) >= 11 is 0. The van der Waals surface area contributed by atoms with Crippen molar-refractivity contribution in [3.05, 3.63) is 78.6 Å². The number of amides is 3. The Kier molecular flexibility index (Phi) is 6.56. The summed E-state index contributed by atoms with van der Waals surface area (Å²) in [5.41, 5.74) is 5.10. The van der Waals surface area contributed by atoms with Gasteiger partial charge in [0.15, 0.2) is 0 Å². The van der Waals surface area contributed by atoms with Crippen molar-refractivity contribution in [2.75, 3.05) is 18.4 Å². The number of hydrogen-bond acceptors (Lipinski definition) is 3. The molecule has 0 bridgehead atoms. The van der Waals surface area contributed by atoms with Crippen molar-refractivity contribution in [2.45, 2.75) is 19.0 Å². The molecule has 1 heterocycles. The molecule has 0 saturated heterocycles. The quantitative estimate of drug-likeness (QED) is 0.308. The molecule has 1 aliphatic carbocycles. The van der Waals surface area contributed by atoms with Crippen molar-refractivity contribution >= 4 is 28.7 Å². The number of imidazole rings is 1. The molecule has 7 nitrogen and oxygen atoms in total. The van der Waals surface area contributed by atoms with Gasteiger partial charge < -0.3 is 16.0 Å². The first-order valence-electron chi connectivity index (χ1n) is 11.8. The van der Waals surface area contributed by atoms with Gasteiger partial charge in [-0.2, -0.15) is 13.2 Å². The van der Waals surface area contributed by atoms with Crippen molar-refractivity contribution in [1.29, 1.82) is 0 Å². The molecule has 5 rings (SSSR count). The first-order chi connectivity index (χ1) is 17.7. The molecule has 3 aromatic carbocycles. The minimum atomic E-state index is -4.49. The Hall–Kier alpha value is -4.34. The van der Waals surface area contributed by atoms with Crippen molar-refractivity contribution < 1.29 is 22.8 Å². The maximum absolute atomic E-state index is 12.3. The Morgan fingerprint density at radius 3 is 2.43 bits per heavy atom. The smallest absolute Gasteiger partial charge is 0.352 e. The number of urea groups is 1. The average molecular weight is 508 g/mol. The van der Waals surface area contributed by atoms with E-state index in [2.05, 4.69) is 15.6 Å². The number of fused-ring (bicyclic) bond motifs is 1. The number of aromatic nitrogens is 2. The monoisotopic (exact) mass is 507 g/mol. The molecule has 1 saturated carbocycles. The summed E-state index contributed by atoms with van der Waals surface area (Å²) in [6, 6.07) is 19.0. The fourth-order valence-corrected chi connectivity index (χ4v) is 3.96. The van der Waals surface area contributed by atoms with Gasteiger partial charge in [0.2, 0.25) is 0 Å². The molecule has 4 aromatic rings. The van der Waals surface area contributed by atoms with Crippen molar-refractivity contribution in [3.8, 4) is 16.8 Å². The number of rotatable bonds is 7. The number of alkyl halides is 3. The SMILES string of the molecule is O=C(NCC(F)(F)F)Nc1cccc(-n2cnc3cc(-c4ccc(C(=O)NCC5CC5)cc4)ccc32)c1. The van der Waals surface area contributed by atoms with Crippen LogP contribution in [-0.4, -0.2) is 40.8 Å². The maximum atomic E-state index is 12.3. The van der Waals surface area contributed by atoms with Gasteiger partial charge in [-0.25, -0.2) is 9.78 Å². The number of benzene rings is 3. The van der Waals surface area contributed by atoms with E-state index in [1.54, 1.807) is 35.9 Å². The van der Waals surface area contributed by atoms with Gasteiger partial charge in [-0.05, 0) is 72.4 Å². The van der Waals surface area contributed by atoms with Crippen molar-refractivity contribution in [2.24, 2.45) is 5.92 Å². The van der Waals surface area contributed by atoms with Crippen molar-refractivity contribution in [3.63, 3.8) is 0 Å². The van der Waals surface area contributed by atoms with E-state index in [1.807, 2.05) is 47.0 Å². The van der Waals surface area contributed by atoms with Gasteiger partial charge in [-0.1, -0.05) is 24.3 Å². The van der Waals surface area contributed by atoms with Gasteiger partial charge in [0.05, 0.1) is 11.0 Å². The zero-order valence-electron chi connectivity index (χ0n) is 19.7. The number of hydrogen-bond donors (Lipinski definition) is 3. The maximum Gasteiger partial charge on any atom is 0.405 e. The molecule has 0 radical (unpaired) electrons. The molecule has 1 aromatic heterocycles. The van der Waals surface area contributed by atoms with Crippen LogP contribution < -0.4 is 16.0 Å². The van der Waals surface area contributed by atoms with Crippen LogP contribution in [0.25, 0.3) is 27.8 Å². The molecule has 10 heteroatoms. The highest BCUT2D eigenvalue weighted by molar-refractivity contribution is 5.95. The third kappa shape index (κ3) is 6.08. The molecule has 37 heavy (non-hydrogen) atoms. The molecule has 3 amide bonds. The molecule has 0 spiro atoms. The van der Waals surface area contributed by atoms with Crippen LogP contribution in [0.4, 0.5) is 23.7 Å². The summed E-state index contributed by atoms with van der Waals surface area (Å²) in [5, 5.41) is 7.16. The molecule has 1 aliphatic rings. The lowest BCUT2D eigenvalue weighted by molar-refractivity contribution is -0.122. The van der Waals surface area contributed by atoms with Crippen molar-refractivity contribution in [1.82, 2.24) is 20.2 Å². The summed E-state index contributed by atoms with van der Waals surface area (Å²) < 4.78 is 38.8. The lowest BCUT2D eigenvalue weighted by Crippen LogP contribution is -2.36. The van der Waals surface area contributed by atoms with E-state index in [1.165, 1.54) is 12.8 Å². The average Bonchev–Trinajstić information content (AvgIpc) is 3.62. The highest BCUT2D eigenvalue weighted by atomic mass is 19.4. The number of nitrogens with zero attached hydrogens (tertiary/aromatic N) is 2. The van der Waals surface area contributed by atoms with Crippen LogP contribution in [0.3, 0.4) is 0 Å². The van der Waals surface area contributed by atoms with Gasteiger partial charge in [-0.15, -0.1) is 0 Å². The first-order valence-corrected chi connectivity index (χ1v) is 11.8. The van der Waals surface area contributed by atoms with Crippen LogP contribution in [0.15, 0.2) is 73.1 Å². The van der Waals surface area contributed by atoms with Crippen LogP contribution in [0.2, 0.25) is 0 Å². The second-order valence-corrected chi connectivity index (χ2v) is 9.02. The Morgan fingerprint density at radius 2 is 1.70 bits per heavy atom. The van der Waals surface area contributed by atoms with E-state index in [9.17, 15) is 22.8 Å². The van der Waals surface area contributed by atoms with Crippen LogP contribution in [0.1, 0.15) is 23.2 Å². The molecule has 0 unspecified atom stereocenters. The van der Waals surface area contributed by atoms with Crippen LogP contribution in [0.5, 0.6) is 0 Å². The molecule has 0 atom stereocenters. The minimum Gasteiger partial charge on any atom is -0.352 e.